The van der Waals surface area contributed by atoms with Gasteiger partial charge in [-0.15, -0.1) is 0 Å². The van der Waals surface area contributed by atoms with E-state index in [-0.39, 0.29) is 5.54 Å². The number of nitrogens with two attached hydrogens (primary N) is 1. The largest absolute Gasteiger partial charge is 0.369 e. The molecule has 1 unspecified atom stereocenters. The quantitative estimate of drug-likeness (QED) is 0.916. The molecule has 1 aliphatic heterocycles. The van der Waals surface area contributed by atoms with Crippen molar-refractivity contribution in [3.05, 3.63) is 29.3 Å². The van der Waals surface area contributed by atoms with Crippen LogP contribution in [0.5, 0.6) is 0 Å². The lowest BCUT2D eigenvalue weighted by Crippen LogP contribution is -2.54. The van der Waals surface area contributed by atoms with E-state index in [0.29, 0.717) is 0 Å². The number of anilines is 1. The van der Waals surface area contributed by atoms with Crippen molar-refractivity contribution in [3.63, 3.8) is 0 Å². The molecule has 0 aromatic heterocycles. The zero-order valence-corrected chi connectivity index (χ0v) is 13.4. The monoisotopic (exact) mass is 275 g/mol. The van der Waals surface area contributed by atoms with Gasteiger partial charge in [0.25, 0.3) is 0 Å². The number of aryl methyl sites for hydroxylation is 1. The minimum atomic E-state index is -0.0541. The third-order valence-corrected chi connectivity index (χ3v) is 4.68. The van der Waals surface area contributed by atoms with Gasteiger partial charge < -0.3 is 10.6 Å². The molecule has 1 saturated heterocycles. The molecule has 1 aliphatic rings. The van der Waals surface area contributed by atoms with Gasteiger partial charge in [0.05, 0.1) is 0 Å². The van der Waals surface area contributed by atoms with E-state index in [2.05, 4.69) is 55.7 Å². The summed E-state index contributed by atoms with van der Waals surface area (Å²) < 4.78 is 0. The zero-order valence-electron chi connectivity index (χ0n) is 13.4. The van der Waals surface area contributed by atoms with Gasteiger partial charge in [0.1, 0.15) is 0 Å². The highest BCUT2D eigenvalue weighted by Crippen LogP contribution is 2.24. The first kappa shape index (κ1) is 15.3. The second-order valence-electron chi connectivity index (χ2n) is 6.49. The Balaban J connectivity index is 1.96. The summed E-state index contributed by atoms with van der Waals surface area (Å²) in [7, 11) is 0. The van der Waals surface area contributed by atoms with Gasteiger partial charge in [0, 0.05) is 44.0 Å². The molecule has 0 amide bonds. The van der Waals surface area contributed by atoms with Crippen LogP contribution >= 0.6 is 0 Å². The first-order valence-corrected chi connectivity index (χ1v) is 7.75. The van der Waals surface area contributed by atoms with Gasteiger partial charge in [0.2, 0.25) is 0 Å². The minimum absolute atomic E-state index is 0.0541. The SMILES string of the molecule is CCC(C)(N)CN1CCN(c2cccc(C)c2C)CC1. The fraction of sp³-hybridized carbons (Fsp3) is 0.647. The molecule has 0 radical (unpaired) electrons. The molecule has 3 heteroatoms. The fourth-order valence-electron chi connectivity index (χ4n) is 2.85. The molecule has 1 atom stereocenters. The topological polar surface area (TPSA) is 32.5 Å². The lowest BCUT2D eigenvalue weighted by Gasteiger charge is -2.40. The van der Waals surface area contributed by atoms with Crippen LogP contribution in [0.1, 0.15) is 31.4 Å². The van der Waals surface area contributed by atoms with Crippen molar-refractivity contribution in [1.29, 1.82) is 0 Å². The van der Waals surface area contributed by atoms with Crippen LogP contribution in [-0.4, -0.2) is 43.2 Å². The van der Waals surface area contributed by atoms with Gasteiger partial charge in [0.15, 0.2) is 0 Å². The molecule has 2 rings (SSSR count). The highest BCUT2D eigenvalue weighted by atomic mass is 15.3. The lowest BCUT2D eigenvalue weighted by atomic mass is 9.99. The molecule has 0 aliphatic carbocycles. The van der Waals surface area contributed by atoms with Crippen LogP contribution in [0.25, 0.3) is 0 Å². The van der Waals surface area contributed by atoms with Crippen molar-refractivity contribution in [2.75, 3.05) is 37.6 Å². The molecule has 112 valence electrons. The van der Waals surface area contributed by atoms with E-state index in [9.17, 15) is 0 Å². The Bertz CT molecular complexity index is 446. The lowest BCUT2D eigenvalue weighted by molar-refractivity contribution is 0.203. The van der Waals surface area contributed by atoms with Crippen LogP contribution in [0.2, 0.25) is 0 Å². The van der Waals surface area contributed by atoms with Crippen molar-refractivity contribution in [1.82, 2.24) is 4.90 Å². The maximum absolute atomic E-state index is 6.28. The normalized spacial score (nSPS) is 19.9. The summed E-state index contributed by atoms with van der Waals surface area (Å²) in [6.07, 6.45) is 1.03. The third kappa shape index (κ3) is 3.53. The van der Waals surface area contributed by atoms with Crippen molar-refractivity contribution in [3.8, 4) is 0 Å². The minimum Gasteiger partial charge on any atom is -0.369 e. The average Bonchev–Trinajstić information content (AvgIpc) is 2.43. The molecule has 0 bridgehead atoms. The van der Waals surface area contributed by atoms with Gasteiger partial charge >= 0.3 is 0 Å². The Labute approximate surface area is 123 Å². The summed E-state index contributed by atoms with van der Waals surface area (Å²) in [4.78, 5) is 5.02. The molecule has 1 heterocycles. The van der Waals surface area contributed by atoms with E-state index in [1.807, 2.05) is 0 Å². The number of rotatable bonds is 4. The van der Waals surface area contributed by atoms with Gasteiger partial charge in [-0.3, -0.25) is 4.90 Å². The van der Waals surface area contributed by atoms with E-state index < -0.39 is 0 Å². The van der Waals surface area contributed by atoms with Crippen molar-refractivity contribution in [2.45, 2.75) is 39.7 Å². The van der Waals surface area contributed by atoms with E-state index in [0.717, 1.165) is 39.1 Å². The van der Waals surface area contributed by atoms with E-state index >= 15 is 0 Å². The van der Waals surface area contributed by atoms with Gasteiger partial charge in [-0.05, 0) is 44.4 Å². The van der Waals surface area contributed by atoms with Gasteiger partial charge in [-0.1, -0.05) is 19.1 Å². The molecular formula is C17H29N3. The number of benzene rings is 1. The Morgan fingerprint density at radius 2 is 1.80 bits per heavy atom. The number of nitrogens with zero attached hydrogens (tertiary/aromatic N) is 2. The van der Waals surface area contributed by atoms with Crippen LogP contribution < -0.4 is 10.6 Å². The van der Waals surface area contributed by atoms with Crippen molar-refractivity contribution >= 4 is 5.69 Å². The van der Waals surface area contributed by atoms with Crippen LogP contribution in [0.4, 0.5) is 5.69 Å². The van der Waals surface area contributed by atoms with Crippen molar-refractivity contribution in [2.24, 2.45) is 5.73 Å². The summed E-state index contributed by atoms with van der Waals surface area (Å²) in [6.45, 7) is 14.2. The third-order valence-electron chi connectivity index (χ3n) is 4.68. The maximum Gasteiger partial charge on any atom is 0.0399 e. The predicted molar refractivity (Wildman–Crippen MR) is 87.5 cm³/mol. The van der Waals surface area contributed by atoms with E-state index in [4.69, 9.17) is 5.73 Å². The molecule has 1 aromatic rings. The molecule has 20 heavy (non-hydrogen) atoms. The maximum atomic E-state index is 6.28. The Morgan fingerprint density at radius 3 is 2.40 bits per heavy atom. The first-order chi connectivity index (χ1) is 9.43. The number of piperazine rings is 1. The Morgan fingerprint density at radius 1 is 1.15 bits per heavy atom. The molecule has 1 fully saturated rings. The molecule has 3 nitrogen and oxygen atoms in total. The Hall–Kier alpha value is -1.06. The van der Waals surface area contributed by atoms with Crippen LogP contribution in [-0.2, 0) is 0 Å². The average molecular weight is 275 g/mol. The molecular weight excluding hydrogens is 246 g/mol. The van der Waals surface area contributed by atoms with Crippen molar-refractivity contribution < 1.29 is 0 Å². The highest BCUT2D eigenvalue weighted by molar-refractivity contribution is 5.56. The summed E-state index contributed by atoms with van der Waals surface area (Å²) in [5.74, 6) is 0. The van der Waals surface area contributed by atoms with E-state index in [1.54, 1.807) is 0 Å². The predicted octanol–water partition coefficient (Wildman–Crippen LogP) is 2.55. The standard InChI is InChI=1S/C17H29N3/c1-5-17(4,18)13-19-9-11-20(12-10-19)16-8-6-7-14(2)15(16)3/h6-8H,5,9-13,18H2,1-4H3. The van der Waals surface area contributed by atoms with Gasteiger partial charge in [-0.2, -0.15) is 0 Å². The molecule has 0 saturated carbocycles. The summed E-state index contributed by atoms with van der Waals surface area (Å²) in [6, 6.07) is 6.60. The van der Waals surface area contributed by atoms with Crippen LogP contribution in [0.15, 0.2) is 18.2 Å². The first-order valence-electron chi connectivity index (χ1n) is 7.75. The fourth-order valence-corrected chi connectivity index (χ4v) is 2.85. The van der Waals surface area contributed by atoms with E-state index in [1.165, 1.54) is 16.8 Å². The second-order valence-corrected chi connectivity index (χ2v) is 6.49. The molecule has 2 N–H and O–H groups in total. The second kappa shape index (κ2) is 6.15. The summed E-state index contributed by atoms with van der Waals surface area (Å²) in [5, 5.41) is 0. The Kier molecular flexibility index (Phi) is 4.71. The molecule has 0 spiro atoms. The zero-order chi connectivity index (χ0) is 14.8. The van der Waals surface area contributed by atoms with Gasteiger partial charge in [-0.25, -0.2) is 0 Å². The summed E-state index contributed by atoms with van der Waals surface area (Å²) in [5.41, 5.74) is 10.4. The smallest absolute Gasteiger partial charge is 0.0399 e. The van der Waals surface area contributed by atoms with Crippen LogP contribution in [0.3, 0.4) is 0 Å². The highest BCUT2D eigenvalue weighted by Gasteiger charge is 2.24. The number of hydrogen-bond acceptors (Lipinski definition) is 3. The number of hydrogen-bond donors (Lipinski definition) is 1. The van der Waals surface area contributed by atoms with Crippen LogP contribution in [0, 0.1) is 13.8 Å². The molecule has 1 aromatic carbocycles. The summed E-state index contributed by atoms with van der Waals surface area (Å²) >= 11 is 0.